The van der Waals surface area contributed by atoms with E-state index in [0.717, 1.165) is 22.4 Å². The standard InChI is InChI=1S/C28H24N2O2S/c1-28(2)21-11-4-3-7-18(21)16-22-26(28)33-27(29-22)19-9-5-10-20(15-19)32-24-14-13-17-8-6-12-23(31)25(17)30-24/h3-15,22,26,31H,16H2,1-2H3/t22-,26-/m0/s1. The summed E-state index contributed by atoms with van der Waals surface area (Å²) in [6, 6.07) is 26.2. The van der Waals surface area contributed by atoms with Gasteiger partial charge in [0.1, 0.15) is 17.0 Å². The Balaban J connectivity index is 1.28. The topological polar surface area (TPSA) is 54.7 Å². The molecule has 5 heteroatoms. The van der Waals surface area contributed by atoms with Crippen molar-refractivity contribution >= 4 is 27.7 Å². The fourth-order valence-electron chi connectivity index (χ4n) is 5.06. The summed E-state index contributed by atoms with van der Waals surface area (Å²) < 4.78 is 6.07. The van der Waals surface area contributed by atoms with E-state index in [9.17, 15) is 5.11 Å². The molecule has 1 aromatic heterocycles. The van der Waals surface area contributed by atoms with Crippen molar-refractivity contribution in [1.82, 2.24) is 4.98 Å². The number of nitrogens with zero attached hydrogens (tertiary/aromatic N) is 2. The molecule has 0 saturated heterocycles. The highest BCUT2D eigenvalue weighted by Crippen LogP contribution is 2.48. The molecular weight excluding hydrogens is 428 g/mol. The Labute approximate surface area is 197 Å². The van der Waals surface area contributed by atoms with Gasteiger partial charge in [-0.3, -0.25) is 4.99 Å². The van der Waals surface area contributed by atoms with Crippen LogP contribution in [-0.4, -0.2) is 26.4 Å². The fourth-order valence-corrected chi connectivity index (χ4v) is 6.50. The molecule has 0 fully saturated rings. The van der Waals surface area contributed by atoms with Gasteiger partial charge < -0.3 is 9.84 Å². The van der Waals surface area contributed by atoms with E-state index in [1.165, 1.54) is 11.1 Å². The number of thioether (sulfide) groups is 1. The molecule has 2 aliphatic rings. The monoisotopic (exact) mass is 452 g/mol. The summed E-state index contributed by atoms with van der Waals surface area (Å²) in [6.07, 6.45) is 0.988. The second-order valence-electron chi connectivity index (χ2n) is 9.25. The number of para-hydroxylation sites is 1. The summed E-state index contributed by atoms with van der Waals surface area (Å²) >= 11 is 1.88. The van der Waals surface area contributed by atoms with Crippen LogP contribution in [0.15, 0.2) is 83.9 Å². The lowest BCUT2D eigenvalue weighted by Crippen LogP contribution is -2.43. The zero-order valence-corrected chi connectivity index (χ0v) is 19.3. The molecule has 0 spiro atoms. The van der Waals surface area contributed by atoms with E-state index in [1.807, 2.05) is 48.2 Å². The maximum absolute atomic E-state index is 10.1. The highest BCUT2D eigenvalue weighted by atomic mass is 32.2. The molecule has 6 rings (SSSR count). The van der Waals surface area contributed by atoms with Gasteiger partial charge in [-0.25, -0.2) is 4.98 Å². The predicted molar refractivity (Wildman–Crippen MR) is 135 cm³/mol. The van der Waals surface area contributed by atoms with Crippen LogP contribution < -0.4 is 4.74 Å². The van der Waals surface area contributed by atoms with E-state index >= 15 is 0 Å². The number of aromatic hydroxyl groups is 1. The van der Waals surface area contributed by atoms with Crippen molar-refractivity contribution in [3.63, 3.8) is 0 Å². The van der Waals surface area contributed by atoms with E-state index in [1.54, 1.807) is 12.1 Å². The molecule has 2 atom stereocenters. The van der Waals surface area contributed by atoms with Crippen LogP contribution in [0.5, 0.6) is 17.4 Å². The summed E-state index contributed by atoms with van der Waals surface area (Å²) in [6.45, 7) is 4.68. The molecule has 3 aromatic carbocycles. The van der Waals surface area contributed by atoms with Gasteiger partial charge in [0.2, 0.25) is 5.88 Å². The molecule has 1 aliphatic carbocycles. The number of benzene rings is 3. The van der Waals surface area contributed by atoms with Gasteiger partial charge in [0.05, 0.1) is 11.1 Å². The second-order valence-corrected chi connectivity index (χ2v) is 10.4. The van der Waals surface area contributed by atoms with Gasteiger partial charge in [0.25, 0.3) is 0 Å². The fraction of sp³-hybridized carbons (Fsp3) is 0.214. The number of rotatable bonds is 3. The van der Waals surface area contributed by atoms with Gasteiger partial charge in [-0.15, -0.1) is 0 Å². The number of fused-ring (bicyclic) bond motifs is 3. The largest absolute Gasteiger partial charge is 0.506 e. The first-order valence-electron chi connectivity index (χ1n) is 11.2. The van der Waals surface area contributed by atoms with E-state index in [-0.39, 0.29) is 17.2 Å². The van der Waals surface area contributed by atoms with Crippen molar-refractivity contribution in [3.05, 3.63) is 95.6 Å². The lowest BCUT2D eigenvalue weighted by Gasteiger charge is -2.40. The first-order valence-corrected chi connectivity index (χ1v) is 12.1. The summed E-state index contributed by atoms with van der Waals surface area (Å²) in [5.41, 5.74) is 4.51. The molecule has 33 heavy (non-hydrogen) atoms. The molecular formula is C28H24N2O2S. The Kier molecular flexibility index (Phi) is 4.70. The van der Waals surface area contributed by atoms with Crippen molar-refractivity contribution in [3.8, 4) is 17.4 Å². The number of pyridine rings is 1. The number of hydrogen-bond acceptors (Lipinski definition) is 5. The maximum Gasteiger partial charge on any atom is 0.219 e. The molecule has 0 unspecified atom stereocenters. The van der Waals surface area contributed by atoms with Crippen LogP contribution in [-0.2, 0) is 11.8 Å². The lowest BCUT2D eigenvalue weighted by atomic mass is 9.70. The van der Waals surface area contributed by atoms with Crippen molar-refractivity contribution in [2.45, 2.75) is 37.0 Å². The summed E-state index contributed by atoms with van der Waals surface area (Å²) in [5, 5.41) is 12.5. The minimum atomic E-state index is 0.0561. The molecule has 1 N–H and O–H groups in total. The second kappa shape index (κ2) is 7.63. The molecule has 164 valence electrons. The van der Waals surface area contributed by atoms with Crippen molar-refractivity contribution in [2.24, 2.45) is 4.99 Å². The Bertz CT molecular complexity index is 1410. The first kappa shape index (κ1) is 20.3. The van der Waals surface area contributed by atoms with E-state index in [4.69, 9.17) is 9.73 Å². The number of hydrogen-bond donors (Lipinski definition) is 1. The molecule has 1 aliphatic heterocycles. The highest BCUT2D eigenvalue weighted by molar-refractivity contribution is 8.15. The van der Waals surface area contributed by atoms with Crippen molar-refractivity contribution < 1.29 is 9.84 Å². The summed E-state index contributed by atoms with van der Waals surface area (Å²) in [7, 11) is 0. The normalized spacial score (nSPS) is 20.7. The van der Waals surface area contributed by atoms with Crippen LogP contribution in [0, 0.1) is 0 Å². The highest BCUT2D eigenvalue weighted by Gasteiger charge is 2.46. The van der Waals surface area contributed by atoms with Gasteiger partial charge in [-0.1, -0.05) is 74.1 Å². The number of phenols is 1. The predicted octanol–water partition coefficient (Wildman–Crippen LogP) is 6.50. The Morgan fingerprint density at radius 1 is 0.970 bits per heavy atom. The van der Waals surface area contributed by atoms with Crippen molar-refractivity contribution in [1.29, 1.82) is 0 Å². The number of aromatic nitrogens is 1. The van der Waals surface area contributed by atoms with Gasteiger partial charge in [-0.2, -0.15) is 0 Å². The minimum Gasteiger partial charge on any atom is -0.506 e. The Hall–Kier alpha value is -3.31. The zero-order valence-electron chi connectivity index (χ0n) is 18.5. The Morgan fingerprint density at radius 3 is 2.73 bits per heavy atom. The van der Waals surface area contributed by atoms with Crippen LogP contribution >= 0.6 is 11.8 Å². The van der Waals surface area contributed by atoms with Gasteiger partial charge >= 0.3 is 0 Å². The smallest absolute Gasteiger partial charge is 0.219 e. The quantitative estimate of drug-likeness (QED) is 0.386. The molecule has 4 aromatic rings. The SMILES string of the molecule is CC1(C)c2ccccc2C[C@@H]2N=C(c3cccc(Oc4ccc5cccc(O)c5n4)c3)S[C@@H]21. The van der Waals surface area contributed by atoms with Crippen molar-refractivity contribution in [2.75, 3.05) is 0 Å². The number of ether oxygens (including phenoxy) is 1. The molecule has 0 amide bonds. The van der Waals surface area contributed by atoms with E-state index in [2.05, 4.69) is 49.2 Å². The Morgan fingerprint density at radius 2 is 1.82 bits per heavy atom. The zero-order chi connectivity index (χ0) is 22.6. The van der Waals surface area contributed by atoms with Gasteiger partial charge in [0, 0.05) is 27.7 Å². The van der Waals surface area contributed by atoms with Crippen LogP contribution in [0.2, 0.25) is 0 Å². The molecule has 4 nitrogen and oxygen atoms in total. The first-order chi connectivity index (χ1) is 16.0. The van der Waals surface area contributed by atoms with Gasteiger partial charge in [-0.05, 0) is 41.8 Å². The van der Waals surface area contributed by atoms with Crippen LogP contribution in [0.3, 0.4) is 0 Å². The lowest BCUT2D eigenvalue weighted by molar-refractivity contribution is 0.413. The summed E-state index contributed by atoms with van der Waals surface area (Å²) in [5.74, 6) is 1.30. The average molecular weight is 453 g/mol. The number of phenolic OH excluding ortho intramolecular Hbond substituents is 1. The molecule has 0 bridgehead atoms. The third-order valence-electron chi connectivity index (χ3n) is 6.70. The third-order valence-corrected chi connectivity index (χ3v) is 8.42. The van der Waals surface area contributed by atoms with Crippen LogP contribution in [0.4, 0.5) is 0 Å². The minimum absolute atomic E-state index is 0.0561. The van der Waals surface area contributed by atoms with E-state index < -0.39 is 0 Å². The van der Waals surface area contributed by atoms with Crippen LogP contribution in [0.1, 0.15) is 30.5 Å². The third kappa shape index (κ3) is 3.47. The molecule has 2 heterocycles. The number of aliphatic imine (C=N–C) groups is 1. The maximum atomic E-state index is 10.1. The summed E-state index contributed by atoms with van der Waals surface area (Å²) in [4.78, 5) is 9.64. The molecule has 0 saturated carbocycles. The average Bonchev–Trinajstić information content (AvgIpc) is 3.25. The van der Waals surface area contributed by atoms with Crippen LogP contribution in [0.25, 0.3) is 10.9 Å². The molecule has 0 radical (unpaired) electrons. The van der Waals surface area contributed by atoms with Gasteiger partial charge in [0.15, 0.2) is 0 Å². The van der Waals surface area contributed by atoms with E-state index in [0.29, 0.717) is 22.4 Å².